The van der Waals surface area contributed by atoms with Gasteiger partial charge in [0.05, 0.1) is 19.2 Å². The van der Waals surface area contributed by atoms with Crippen molar-refractivity contribution < 1.29 is 14.3 Å². The summed E-state index contributed by atoms with van der Waals surface area (Å²) in [6.45, 7) is 1.45. The number of rotatable bonds is 6. The molecule has 0 saturated carbocycles. The van der Waals surface area contributed by atoms with Crippen LogP contribution in [0.3, 0.4) is 0 Å². The van der Waals surface area contributed by atoms with E-state index in [4.69, 9.17) is 15.5 Å². The average Bonchev–Trinajstić information content (AvgIpc) is 2.84. The lowest BCUT2D eigenvalue weighted by Crippen LogP contribution is -2.40. The lowest BCUT2D eigenvalue weighted by molar-refractivity contribution is -0.131. The minimum absolute atomic E-state index is 0.137. The summed E-state index contributed by atoms with van der Waals surface area (Å²) in [5, 5.41) is 0. The summed E-state index contributed by atoms with van der Waals surface area (Å²) in [6.07, 6.45) is 2.35. The van der Waals surface area contributed by atoms with Gasteiger partial charge in [-0.15, -0.1) is 0 Å². The zero-order chi connectivity index (χ0) is 22.5. The van der Waals surface area contributed by atoms with E-state index in [0.29, 0.717) is 18.5 Å². The Morgan fingerprint density at radius 3 is 2.50 bits per heavy atom. The molecule has 6 nitrogen and oxygen atoms in total. The standard InChI is InChI=1S/C26H27N3O3/c1-32-22-13-7-18(8-14-22)16-25(30)29-15-3-4-21(17-29)24-6-2-5-23(28-24)19-9-11-20(12-10-19)26(27)31/h2,5-14,21H,3-4,15-17H2,1H3,(H2,27,31)/t21-/m0/s1. The Kier molecular flexibility index (Phi) is 6.50. The van der Waals surface area contributed by atoms with E-state index >= 15 is 0 Å². The van der Waals surface area contributed by atoms with E-state index in [-0.39, 0.29) is 11.8 Å². The Hall–Kier alpha value is -3.67. The van der Waals surface area contributed by atoms with E-state index < -0.39 is 5.91 Å². The van der Waals surface area contributed by atoms with Gasteiger partial charge in [0.25, 0.3) is 0 Å². The fourth-order valence-corrected chi connectivity index (χ4v) is 4.12. The third kappa shape index (κ3) is 4.97. The largest absolute Gasteiger partial charge is 0.497 e. The van der Waals surface area contributed by atoms with Gasteiger partial charge in [0.15, 0.2) is 0 Å². The number of carbonyl (C=O) groups excluding carboxylic acids is 2. The zero-order valence-electron chi connectivity index (χ0n) is 18.2. The van der Waals surface area contributed by atoms with Crippen molar-refractivity contribution in [3.8, 4) is 17.0 Å². The number of benzene rings is 2. The van der Waals surface area contributed by atoms with Crippen molar-refractivity contribution in [3.05, 3.63) is 83.6 Å². The highest BCUT2D eigenvalue weighted by Crippen LogP contribution is 2.28. The van der Waals surface area contributed by atoms with Gasteiger partial charge in [-0.05, 0) is 54.8 Å². The van der Waals surface area contributed by atoms with Crippen molar-refractivity contribution in [1.82, 2.24) is 9.88 Å². The zero-order valence-corrected chi connectivity index (χ0v) is 18.2. The first-order chi connectivity index (χ1) is 15.5. The maximum Gasteiger partial charge on any atom is 0.248 e. The van der Waals surface area contributed by atoms with E-state index in [9.17, 15) is 9.59 Å². The van der Waals surface area contributed by atoms with Crippen molar-refractivity contribution >= 4 is 11.8 Å². The van der Waals surface area contributed by atoms with E-state index in [1.165, 1.54) is 0 Å². The van der Waals surface area contributed by atoms with Crippen LogP contribution in [0.2, 0.25) is 0 Å². The molecule has 1 aromatic heterocycles. The summed E-state index contributed by atoms with van der Waals surface area (Å²) < 4.78 is 5.19. The molecule has 1 atom stereocenters. The molecule has 0 radical (unpaired) electrons. The molecule has 0 aliphatic carbocycles. The van der Waals surface area contributed by atoms with Crippen molar-refractivity contribution in [2.45, 2.75) is 25.2 Å². The molecule has 164 valence electrons. The van der Waals surface area contributed by atoms with Crippen molar-refractivity contribution in [2.24, 2.45) is 5.73 Å². The van der Waals surface area contributed by atoms with Crippen LogP contribution in [0, 0.1) is 0 Å². The molecule has 2 aromatic carbocycles. The van der Waals surface area contributed by atoms with Crippen LogP contribution in [0.5, 0.6) is 5.75 Å². The van der Waals surface area contributed by atoms with E-state index in [0.717, 1.165) is 47.7 Å². The fourth-order valence-electron chi connectivity index (χ4n) is 4.12. The van der Waals surface area contributed by atoms with Gasteiger partial charge in [0, 0.05) is 35.8 Å². The number of nitrogens with zero attached hydrogens (tertiary/aromatic N) is 2. The molecule has 2 N–H and O–H groups in total. The number of hydrogen-bond donors (Lipinski definition) is 1. The predicted molar refractivity (Wildman–Crippen MR) is 123 cm³/mol. The molecule has 1 aliphatic heterocycles. The Balaban J connectivity index is 1.45. The van der Waals surface area contributed by atoms with Gasteiger partial charge in [-0.3, -0.25) is 14.6 Å². The highest BCUT2D eigenvalue weighted by atomic mass is 16.5. The maximum absolute atomic E-state index is 12.9. The van der Waals surface area contributed by atoms with Crippen LogP contribution < -0.4 is 10.5 Å². The summed E-state index contributed by atoms with van der Waals surface area (Å²) >= 11 is 0. The summed E-state index contributed by atoms with van der Waals surface area (Å²) in [6, 6.07) is 20.8. The van der Waals surface area contributed by atoms with Crippen LogP contribution >= 0.6 is 0 Å². The molecule has 4 rings (SSSR count). The van der Waals surface area contributed by atoms with Crippen LogP contribution in [-0.4, -0.2) is 41.9 Å². The Morgan fingerprint density at radius 2 is 1.81 bits per heavy atom. The number of likely N-dealkylation sites (tertiary alicyclic amines) is 1. The lowest BCUT2D eigenvalue weighted by Gasteiger charge is -2.32. The second-order valence-electron chi connectivity index (χ2n) is 8.09. The first-order valence-corrected chi connectivity index (χ1v) is 10.8. The molecule has 3 aromatic rings. The number of aromatic nitrogens is 1. The van der Waals surface area contributed by atoms with Gasteiger partial charge in [0.2, 0.25) is 11.8 Å². The van der Waals surface area contributed by atoms with E-state index in [1.807, 2.05) is 59.5 Å². The molecule has 6 heteroatoms. The first-order valence-electron chi connectivity index (χ1n) is 10.8. The van der Waals surface area contributed by atoms with Crippen molar-refractivity contribution in [2.75, 3.05) is 20.2 Å². The average molecular weight is 430 g/mol. The summed E-state index contributed by atoms with van der Waals surface area (Å²) in [7, 11) is 1.63. The summed E-state index contributed by atoms with van der Waals surface area (Å²) in [4.78, 5) is 31.0. The lowest BCUT2D eigenvalue weighted by atomic mass is 9.93. The Morgan fingerprint density at radius 1 is 1.06 bits per heavy atom. The second-order valence-corrected chi connectivity index (χ2v) is 8.09. The number of amides is 2. The molecule has 1 fully saturated rings. The van der Waals surface area contributed by atoms with Gasteiger partial charge in [0.1, 0.15) is 5.75 Å². The summed E-state index contributed by atoms with van der Waals surface area (Å²) in [5.41, 5.74) is 9.56. The maximum atomic E-state index is 12.9. The SMILES string of the molecule is COc1ccc(CC(=O)N2CCC[C@H](c3cccc(-c4ccc(C(N)=O)cc4)n3)C2)cc1. The van der Waals surface area contributed by atoms with Gasteiger partial charge >= 0.3 is 0 Å². The van der Waals surface area contributed by atoms with Gasteiger partial charge < -0.3 is 15.4 Å². The first kappa shape index (κ1) is 21.6. The molecular formula is C26H27N3O3. The van der Waals surface area contributed by atoms with Crippen LogP contribution in [0.25, 0.3) is 11.3 Å². The van der Waals surface area contributed by atoms with E-state index in [1.54, 1.807) is 19.2 Å². The van der Waals surface area contributed by atoms with Gasteiger partial charge in [-0.2, -0.15) is 0 Å². The minimum atomic E-state index is -0.445. The number of pyridine rings is 1. The molecular weight excluding hydrogens is 402 g/mol. The topological polar surface area (TPSA) is 85.5 Å². The van der Waals surface area contributed by atoms with Crippen LogP contribution in [0.1, 0.15) is 40.4 Å². The molecule has 32 heavy (non-hydrogen) atoms. The Bertz CT molecular complexity index is 1090. The molecule has 2 heterocycles. The molecule has 0 unspecified atom stereocenters. The summed E-state index contributed by atoms with van der Waals surface area (Å²) in [5.74, 6) is 0.681. The smallest absolute Gasteiger partial charge is 0.248 e. The highest BCUT2D eigenvalue weighted by molar-refractivity contribution is 5.93. The number of carbonyl (C=O) groups is 2. The number of hydrogen-bond acceptors (Lipinski definition) is 4. The number of ether oxygens (including phenoxy) is 1. The van der Waals surface area contributed by atoms with Gasteiger partial charge in [-0.1, -0.05) is 30.3 Å². The van der Waals surface area contributed by atoms with E-state index in [2.05, 4.69) is 0 Å². The van der Waals surface area contributed by atoms with Crippen LogP contribution in [-0.2, 0) is 11.2 Å². The third-order valence-electron chi connectivity index (χ3n) is 5.94. The van der Waals surface area contributed by atoms with Crippen LogP contribution in [0.4, 0.5) is 0 Å². The molecule has 2 amide bonds. The van der Waals surface area contributed by atoms with Crippen molar-refractivity contribution in [1.29, 1.82) is 0 Å². The third-order valence-corrected chi connectivity index (χ3v) is 5.94. The van der Waals surface area contributed by atoms with Crippen molar-refractivity contribution in [3.63, 3.8) is 0 Å². The molecule has 1 saturated heterocycles. The fraction of sp³-hybridized carbons (Fsp3) is 0.269. The Labute approximate surface area is 188 Å². The number of primary amides is 1. The predicted octanol–water partition coefficient (Wildman–Crippen LogP) is 3.80. The molecule has 1 aliphatic rings. The minimum Gasteiger partial charge on any atom is -0.497 e. The number of nitrogens with two attached hydrogens (primary N) is 1. The monoisotopic (exact) mass is 429 g/mol. The second kappa shape index (κ2) is 9.64. The van der Waals surface area contributed by atoms with Crippen LogP contribution in [0.15, 0.2) is 66.7 Å². The quantitative estimate of drug-likeness (QED) is 0.646. The number of piperidine rings is 1. The normalized spacial score (nSPS) is 15.9. The number of methoxy groups -OCH3 is 1. The highest BCUT2D eigenvalue weighted by Gasteiger charge is 2.25. The molecule has 0 spiro atoms. The van der Waals surface area contributed by atoms with Gasteiger partial charge in [-0.25, -0.2) is 0 Å². The molecule has 0 bridgehead atoms.